The van der Waals surface area contributed by atoms with E-state index in [1.54, 1.807) is 69.2 Å². The Morgan fingerprint density at radius 3 is 0.775 bits per heavy atom. The van der Waals surface area contributed by atoms with E-state index in [0.717, 1.165) is 13.3 Å². The molecule has 0 aromatic carbocycles. The zero-order valence-electron chi connectivity index (χ0n) is 64.4. The lowest BCUT2D eigenvalue weighted by Gasteiger charge is -2.43. The van der Waals surface area contributed by atoms with Crippen molar-refractivity contribution in [1.82, 2.24) is 0 Å². The molecule has 1 rings (SSSR count). The van der Waals surface area contributed by atoms with Crippen LogP contribution >= 0.6 is 0 Å². The Labute approximate surface area is 621 Å². The van der Waals surface area contributed by atoms with Crippen LogP contribution in [0.2, 0.25) is 0 Å². The fourth-order valence-electron chi connectivity index (χ4n) is 3.78. The summed E-state index contributed by atoms with van der Waals surface area (Å²) >= 11 is 0. The molecule has 12 nitrogen and oxygen atoms in total. The number of rotatable bonds is 22. The van der Waals surface area contributed by atoms with Gasteiger partial charge in [-0.15, -0.1) is 0 Å². The molecule has 0 heterocycles. The quantitative estimate of drug-likeness (QED) is 0.0438. The van der Waals surface area contributed by atoms with Gasteiger partial charge in [0.15, 0.2) is 25.4 Å². The maximum atomic E-state index is 12.8. The molecule has 1 saturated carbocycles. The van der Waals surface area contributed by atoms with Gasteiger partial charge in [0.2, 0.25) is 62.4 Å². The highest BCUT2D eigenvalue weighted by atomic mass is 19.4. The smallest absolute Gasteiger partial charge is 0.456 e. The van der Waals surface area contributed by atoms with Gasteiger partial charge in [0.1, 0.15) is 13.3 Å². The Balaban J connectivity index is -0.0000000652. The van der Waals surface area contributed by atoms with Crippen molar-refractivity contribution in [3.63, 3.8) is 0 Å². The lowest BCUT2D eigenvalue weighted by Crippen LogP contribution is -2.64. The van der Waals surface area contributed by atoms with E-state index < -0.39 is 200 Å². The molecule has 1 aliphatic rings. The number of hydrogen-bond donors (Lipinski definition) is 0. The molecule has 1 fully saturated rings. The van der Waals surface area contributed by atoms with Gasteiger partial charge in [-0.1, -0.05) is 41.5 Å². The van der Waals surface area contributed by atoms with E-state index >= 15 is 0 Å². The maximum Gasteiger partial charge on any atom is 0.456 e. The second kappa shape index (κ2) is 78.1. The molecule has 0 bridgehead atoms. The standard InChI is InChI=1S/C10H14F4O2.C9H13F5O2.C9H15F3O2.C9H17FO2.C8H13F3O2.C8H15FO2.9CH2F2.2FH/c1-4-8(2,3)7(15)16-6-5-9(11,12)10(6,13)14;1-4-7(2,3)6(15)16-5-8(10,11)9(12,13)14;1-5-8(3,4)7(13)14-6(2)9(10,11)12;1-4-9(2,3)8(11)12-7-5-6-10;1-4-7(2,3)6(12)13-5-8(9,10)11;1-4-8(2,3)7(10)11-6-5-9;9*2-1-3;;/h6H,4-5H2,1-3H3;4-5H2,1-3H3;6H,5H2,1-4H3;4-7H2,1-3H3;4-5H2,1-3H3;4-6H2,1-3H3;9*1H2;2*1H. The van der Waals surface area contributed by atoms with E-state index in [1.165, 1.54) is 27.7 Å². The summed E-state index contributed by atoms with van der Waals surface area (Å²) < 4.78 is 404. The summed E-state index contributed by atoms with van der Waals surface area (Å²) in [6, 6.07) is 0. The molecule has 0 spiro atoms. The van der Waals surface area contributed by atoms with E-state index in [0.29, 0.717) is 32.1 Å². The van der Waals surface area contributed by atoms with Gasteiger partial charge in [0.25, 0.3) is 0 Å². The molecule has 686 valence electrons. The molecule has 0 aromatic rings. The SMILES string of the molecule is CCC(C)(C)C(=O)OC(C)C(F)(F)F.CCC(C)(C)C(=O)OC1CC(F)(F)C1(F)F.CCC(C)(C)C(=O)OCC(F)(F)C(F)(F)F.CCC(C)(C)C(=O)OCC(F)(F)F.CCC(C)(C)C(=O)OCCCF.CCC(C)(C)C(=O)OCCF.F.F.FCF.FCF.FCF.FCF.FCF.FCF.FCF.FCF.FCF. The van der Waals surface area contributed by atoms with Gasteiger partial charge in [-0.25, -0.2) is 83.4 Å². The molecule has 0 saturated heterocycles. The number of ether oxygens (including phenoxy) is 6. The summed E-state index contributed by atoms with van der Waals surface area (Å²) in [4.78, 5) is 67.1. The molecule has 0 amide bonds. The highest BCUT2D eigenvalue weighted by Gasteiger charge is 2.74. The Morgan fingerprint density at radius 1 is 0.351 bits per heavy atom. The van der Waals surface area contributed by atoms with Crippen molar-refractivity contribution in [3.05, 3.63) is 0 Å². The molecule has 0 radical (unpaired) electrons. The Hall–Kier alpha value is -5.77. The molecule has 0 aromatic heterocycles. The van der Waals surface area contributed by atoms with Crippen molar-refractivity contribution in [2.75, 3.05) is 102 Å². The van der Waals surface area contributed by atoms with Crippen LogP contribution < -0.4 is 0 Å². The second-order valence-corrected chi connectivity index (χ2v) is 23.3. The molecular formula is C62H107F37O12. The Bertz CT molecular complexity index is 2070. The zero-order valence-corrected chi connectivity index (χ0v) is 64.4. The fourth-order valence-corrected chi connectivity index (χ4v) is 3.78. The van der Waals surface area contributed by atoms with E-state index in [2.05, 4.69) is 23.7 Å². The predicted octanol–water partition coefficient (Wildman–Crippen LogP) is 24.1. The molecule has 0 N–H and O–H groups in total. The molecule has 49 heteroatoms. The molecule has 111 heavy (non-hydrogen) atoms. The number of halogens is 37. The van der Waals surface area contributed by atoms with Gasteiger partial charge in [-0.2, -0.15) is 65.9 Å². The second-order valence-electron chi connectivity index (χ2n) is 23.3. The first-order valence-electron chi connectivity index (χ1n) is 30.7. The van der Waals surface area contributed by atoms with Crippen LogP contribution in [0.15, 0.2) is 0 Å². The highest BCUT2D eigenvalue weighted by molar-refractivity contribution is 5.78. The first kappa shape index (κ1) is 144. The number of carbonyl (C=O) groups excluding carboxylic acids is 6. The Morgan fingerprint density at radius 2 is 0.577 bits per heavy atom. The summed E-state index contributed by atoms with van der Waals surface area (Å²) in [5.74, 6) is -17.4. The summed E-state index contributed by atoms with van der Waals surface area (Å²) in [5, 5.41) is 0. The van der Waals surface area contributed by atoms with Crippen LogP contribution in [-0.4, -0.2) is 186 Å². The number of carbonyl (C=O) groups is 6. The maximum absolute atomic E-state index is 12.8. The molecule has 1 aliphatic carbocycles. The minimum absolute atomic E-state index is 0. The monoisotopic (exact) mass is 1750 g/mol. The lowest BCUT2D eigenvalue weighted by molar-refractivity contribution is -0.334. The predicted molar refractivity (Wildman–Crippen MR) is 337 cm³/mol. The minimum atomic E-state index is -5.70. The van der Waals surface area contributed by atoms with Gasteiger partial charge in [0, 0.05) is 6.42 Å². The first-order valence-corrected chi connectivity index (χ1v) is 30.7. The number of esters is 6. The van der Waals surface area contributed by atoms with Gasteiger partial charge in [-0.3, -0.25) is 42.6 Å². The van der Waals surface area contributed by atoms with E-state index in [9.17, 15) is 182 Å². The summed E-state index contributed by atoms with van der Waals surface area (Å²) in [7, 11) is 0. The van der Waals surface area contributed by atoms with Gasteiger partial charge in [0.05, 0.1) is 52.2 Å². The third kappa shape index (κ3) is 86.5. The summed E-state index contributed by atoms with van der Waals surface area (Å²) in [6.45, 7) is 10.4. The fraction of sp³-hybridized carbons (Fsp3) is 0.903. The van der Waals surface area contributed by atoms with Crippen molar-refractivity contribution >= 4 is 35.8 Å². The van der Waals surface area contributed by atoms with Crippen LogP contribution in [0.5, 0.6) is 0 Å². The third-order valence-electron chi connectivity index (χ3n) is 12.9. The van der Waals surface area contributed by atoms with Crippen LogP contribution in [0, 0.1) is 32.5 Å². The van der Waals surface area contributed by atoms with Gasteiger partial charge < -0.3 is 28.4 Å². The van der Waals surface area contributed by atoms with E-state index in [-0.39, 0.29) is 41.0 Å². The summed E-state index contributed by atoms with van der Waals surface area (Å²) in [6.07, 6.45) is -16.5. The van der Waals surface area contributed by atoms with Gasteiger partial charge in [-0.05, 0) is 129 Å². The zero-order chi connectivity index (χ0) is 91.1. The largest absolute Gasteiger partial charge is 0.465 e. The molecule has 2 unspecified atom stereocenters. The highest BCUT2D eigenvalue weighted by Crippen LogP contribution is 2.53. The molecule has 0 aliphatic heterocycles. The van der Waals surface area contributed by atoms with Gasteiger partial charge >= 0.3 is 72.1 Å². The first-order chi connectivity index (χ1) is 49.1. The number of hydrogen-bond acceptors (Lipinski definition) is 12. The average molecular weight is 1750 g/mol. The summed E-state index contributed by atoms with van der Waals surface area (Å²) in [5.41, 5.74) is -4.61. The molecular weight excluding hydrogens is 1640 g/mol. The van der Waals surface area contributed by atoms with E-state index in [4.69, 9.17) is 4.74 Å². The van der Waals surface area contributed by atoms with E-state index in [1.807, 2.05) is 27.7 Å². The lowest BCUT2D eigenvalue weighted by atomic mass is 9.84. The van der Waals surface area contributed by atoms with Crippen molar-refractivity contribution in [3.8, 4) is 0 Å². The topological polar surface area (TPSA) is 158 Å². The number of alkyl halides is 35. The van der Waals surface area contributed by atoms with Crippen molar-refractivity contribution in [2.45, 2.75) is 231 Å². The van der Waals surface area contributed by atoms with Crippen molar-refractivity contribution in [2.24, 2.45) is 32.5 Å². The van der Waals surface area contributed by atoms with Crippen LogP contribution in [0.3, 0.4) is 0 Å². The average Bonchev–Trinajstić information content (AvgIpc) is 0.737. The normalized spacial score (nSPS) is 13.1. The van der Waals surface area contributed by atoms with Crippen LogP contribution in [0.25, 0.3) is 0 Å². The van der Waals surface area contributed by atoms with Crippen molar-refractivity contribution in [1.29, 1.82) is 0 Å². The minimum Gasteiger partial charge on any atom is -0.465 e. The Kier molecular flexibility index (Phi) is 101. The van der Waals surface area contributed by atoms with Crippen LogP contribution in [0.1, 0.15) is 183 Å². The third-order valence-corrected chi connectivity index (χ3v) is 12.9. The van der Waals surface area contributed by atoms with Crippen molar-refractivity contribution < 1.29 is 220 Å². The van der Waals surface area contributed by atoms with Crippen LogP contribution in [0.4, 0.5) is 163 Å². The van der Waals surface area contributed by atoms with Crippen LogP contribution in [-0.2, 0) is 57.2 Å². The molecule has 2 atom stereocenters.